The van der Waals surface area contributed by atoms with Crippen LogP contribution in [0.2, 0.25) is 0 Å². The molecule has 1 aromatic heterocycles. The highest BCUT2D eigenvalue weighted by Gasteiger charge is 2.35. The number of fused-ring (bicyclic) bond motifs is 6. The molecule has 1 aliphatic carbocycles. The van der Waals surface area contributed by atoms with E-state index in [2.05, 4.69) is 218 Å². The Balaban J connectivity index is 0.918. The second kappa shape index (κ2) is 18.8. The number of para-hydroxylation sites is 1. The van der Waals surface area contributed by atoms with Crippen molar-refractivity contribution in [3.05, 3.63) is 205 Å². The maximum atomic E-state index is 2.44. The van der Waals surface area contributed by atoms with Crippen molar-refractivity contribution in [3.8, 4) is 39.1 Å². The van der Waals surface area contributed by atoms with Gasteiger partial charge in [0.2, 0.25) is 0 Å². The van der Waals surface area contributed by atoms with Gasteiger partial charge in [-0.15, -0.1) is 0 Å². The van der Waals surface area contributed by atoms with E-state index >= 15 is 0 Å². The van der Waals surface area contributed by atoms with Crippen LogP contribution in [0.5, 0.6) is 0 Å². The molecule has 1 aliphatic rings. The van der Waals surface area contributed by atoms with Crippen LogP contribution in [-0.2, 0) is 11.8 Å². The number of aryl methyl sites for hydroxylation is 1. The summed E-state index contributed by atoms with van der Waals surface area (Å²) in [6, 6.07) is 70.0. The Morgan fingerprint density at radius 3 is 1.65 bits per heavy atom. The molecule has 0 aliphatic heterocycles. The predicted molar refractivity (Wildman–Crippen MR) is 279 cm³/mol. The molecule has 0 bridgehead atoms. The Hall–Kier alpha value is -6.64. The van der Waals surface area contributed by atoms with Crippen molar-refractivity contribution in [2.45, 2.75) is 96.8 Å². The fourth-order valence-electron chi connectivity index (χ4n) is 10.6. The molecule has 0 spiro atoms. The van der Waals surface area contributed by atoms with Crippen molar-refractivity contribution >= 4 is 38.9 Å². The van der Waals surface area contributed by atoms with Gasteiger partial charge >= 0.3 is 0 Å². The lowest BCUT2D eigenvalue weighted by Crippen LogP contribution is -2.16. The average Bonchev–Trinajstić information content (AvgIpc) is 3.80. The highest BCUT2D eigenvalue weighted by Crippen LogP contribution is 2.51. The molecule has 2 nitrogen and oxygen atoms in total. The summed E-state index contributed by atoms with van der Waals surface area (Å²) in [5.74, 6) is 0. The first-order valence-corrected chi connectivity index (χ1v) is 24.4. The zero-order valence-electron chi connectivity index (χ0n) is 38.6. The fourth-order valence-corrected chi connectivity index (χ4v) is 10.6. The molecule has 0 saturated carbocycles. The average molecular weight is 847 g/mol. The lowest BCUT2D eigenvalue weighted by atomic mass is 9.82. The maximum Gasteiger partial charge on any atom is 0.0541 e. The Labute approximate surface area is 387 Å². The van der Waals surface area contributed by atoms with E-state index in [9.17, 15) is 0 Å². The van der Waals surface area contributed by atoms with Gasteiger partial charge in [0.25, 0.3) is 0 Å². The highest BCUT2D eigenvalue weighted by molar-refractivity contribution is 6.10. The minimum atomic E-state index is -0.0912. The number of nitrogens with zero attached hydrogens (tertiary/aromatic N) is 2. The van der Waals surface area contributed by atoms with E-state index in [1.54, 1.807) is 0 Å². The zero-order valence-corrected chi connectivity index (χ0v) is 38.6. The minimum absolute atomic E-state index is 0.0912. The van der Waals surface area contributed by atoms with Crippen LogP contribution in [0.25, 0.3) is 60.9 Å². The SMILES string of the molecule is CCCCCCCCCCCCc1ccc(-n2c3ccccc3c3cc(-c4ccc(N(c5ccc(-c6ccccc6)cc5)c5ccc6c(c5)C(C)(C)c5ccccc5-6)cc4)ccc32)cc1. The number of anilines is 3. The third-order valence-electron chi connectivity index (χ3n) is 14.2. The molecular formula is C63H62N2. The molecule has 0 amide bonds. The molecule has 0 saturated heterocycles. The number of rotatable bonds is 17. The smallest absolute Gasteiger partial charge is 0.0541 e. The molecule has 0 radical (unpaired) electrons. The van der Waals surface area contributed by atoms with Crippen molar-refractivity contribution in [3.63, 3.8) is 0 Å². The van der Waals surface area contributed by atoms with Crippen LogP contribution in [0.1, 0.15) is 102 Å². The monoisotopic (exact) mass is 846 g/mol. The van der Waals surface area contributed by atoms with Gasteiger partial charge in [0.1, 0.15) is 0 Å². The summed E-state index contributed by atoms with van der Waals surface area (Å²) in [6.07, 6.45) is 14.9. The summed E-state index contributed by atoms with van der Waals surface area (Å²) in [7, 11) is 0. The predicted octanol–water partition coefficient (Wildman–Crippen LogP) is 18.4. The molecule has 0 fully saturated rings. The van der Waals surface area contributed by atoms with Crippen LogP contribution in [0.4, 0.5) is 17.1 Å². The Morgan fingerprint density at radius 2 is 0.938 bits per heavy atom. The van der Waals surface area contributed by atoms with Crippen molar-refractivity contribution in [2.24, 2.45) is 0 Å². The minimum Gasteiger partial charge on any atom is -0.310 e. The summed E-state index contributed by atoms with van der Waals surface area (Å²) >= 11 is 0. The van der Waals surface area contributed by atoms with Crippen LogP contribution in [0.3, 0.4) is 0 Å². The molecule has 324 valence electrons. The van der Waals surface area contributed by atoms with Gasteiger partial charge in [0, 0.05) is 38.9 Å². The molecule has 65 heavy (non-hydrogen) atoms. The van der Waals surface area contributed by atoms with Gasteiger partial charge in [-0.05, 0) is 130 Å². The van der Waals surface area contributed by atoms with Crippen LogP contribution >= 0.6 is 0 Å². The van der Waals surface area contributed by atoms with Crippen LogP contribution in [0.15, 0.2) is 188 Å². The van der Waals surface area contributed by atoms with E-state index in [0.717, 1.165) is 23.5 Å². The molecule has 0 atom stereocenters. The number of aromatic nitrogens is 1. The third-order valence-corrected chi connectivity index (χ3v) is 14.2. The lowest BCUT2D eigenvalue weighted by molar-refractivity contribution is 0.556. The standard InChI is InChI=1S/C63H62N2/c1-4-5-6-7-8-9-10-11-12-14-21-46-28-35-53(36-29-46)65-61-27-20-18-25-57(61)58-44-50(34-43-62(58)65)49-32-39-52(40-33-49)64(51-37-30-48(31-38-51)47-22-15-13-16-23-47)54-41-42-56-55-24-17-19-26-59(55)63(2,3)60(56)45-54/h13,15-20,22-45H,4-12,14,21H2,1-3H3. The Kier molecular flexibility index (Phi) is 12.3. The maximum absolute atomic E-state index is 2.44. The van der Waals surface area contributed by atoms with E-state index in [0.29, 0.717) is 0 Å². The molecule has 0 N–H and O–H groups in total. The molecule has 9 aromatic rings. The first kappa shape index (κ1) is 42.3. The number of hydrogen-bond acceptors (Lipinski definition) is 1. The molecule has 2 heteroatoms. The van der Waals surface area contributed by atoms with Gasteiger partial charge in [0.15, 0.2) is 0 Å². The summed E-state index contributed by atoms with van der Waals surface area (Å²) in [6.45, 7) is 7.02. The highest BCUT2D eigenvalue weighted by atomic mass is 15.1. The van der Waals surface area contributed by atoms with Gasteiger partial charge in [-0.3, -0.25) is 0 Å². The van der Waals surface area contributed by atoms with Crippen molar-refractivity contribution < 1.29 is 0 Å². The first-order valence-electron chi connectivity index (χ1n) is 24.4. The summed E-state index contributed by atoms with van der Waals surface area (Å²) in [5.41, 5.74) is 18.7. The Bertz CT molecular complexity index is 3020. The summed E-state index contributed by atoms with van der Waals surface area (Å²) in [4.78, 5) is 2.41. The molecule has 8 aromatic carbocycles. The second-order valence-electron chi connectivity index (χ2n) is 18.9. The van der Waals surface area contributed by atoms with Crippen LogP contribution in [-0.4, -0.2) is 4.57 Å². The molecule has 10 rings (SSSR count). The lowest BCUT2D eigenvalue weighted by Gasteiger charge is -2.28. The number of benzene rings is 8. The summed E-state index contributed by atoms with van der Waals surface area (Å²) < 4.78 is 2.44. The normalized spacial score (nSPS) is 12.7. The molecule has 0 unspecified atom stereocenters. The molecular weight excluding hydrogens is 785 g/mol. The third kappa shape index (κ3) is 8.55. The van der Waals surface area contributed by atoms with Gasteiger partial charge in [-0.1, -0.05) is 200 Å². The largest absolute Gasteiger partial charge is 0.310 e. The van der Waals surface area contributed by atoms with Crippen LogP contribution in [0, 0.1) is 0 Å². The van der Waals surface area contributed by atoms with E-state index in [-0.39, 0.29) is 5.41 Å². The number of hydrogen-bond donors (Lipinski definition) is 0. The van der Waals surface area contributed by atoms with Crippen LogP contribution < -0.4 is 4.90 Å². The van der Waals surface area contributed by atoms with E-state index in [4.69, 9.17) is 0 Å². The zero-order chi connectivity index (χ0) is 44.2. The second-order valence-corrected chi connectivity index (χ2v) is 18.9. The fraction of sp³-hybridized carbons (Fsp3) is 0.238. The van der Waals surface area contributed by atoms with E-state index in [1.165, 1.54) is 142 Å². The Morgan fingerprint density at radius 1 is 0.400 bits per heavy atom. The first-order chi connectivity index (χ1) is 32.0. The van der Waals surface area contributed by atoms with Gasteiger partial charge in [-0.2, -0.15) is 0 Å². The van der Waals surface area contributed by atoms with E-state index < -0.39 is 0 Å². The van der Waals surface area contributed by atoms with Crippen molar-refractivity contribution in [2.75, 3.05) is 4.90 Å². The van der Waals surface area contributed by atoms with E-state index in [1.807, 2.05) is 0 Å². The topological polar surface area (TPSA) is 8.17 Å². The number of unbranched alkanes of at least 4 members (excludes halogenated alkanes) is 9. The van der Waals surface area contributed by atoms with Gasteiger partial charge in [-0.25, -0.2) is 0 Å². The summed E-state index contributed by atoms with van der Waals surface area (Å²) in [5, 5.41) is 2.56. The van der Waals surface area contributed by atoms with Gasteiger partial charge < -0.3 is 9.47 Å². The molecule has 1 heterocycles. The van der Waals surface area contributed by atoms with Gasteiger partial charge in [0.05, 0.1) is 11.0 Å². The quantitative estimate of drug-likeness (QED) is 0.0829. The van der Waals surface area contributed by atoms with Crippen molar-refractivity contribution in [1.82, 2.24) is 4.57 Å². The van der Waals surface area contributed by atoms with Crippen molar-refractivity contribution in [1.29, 1.82) is 0 Å².